The van der Waals surface area contributed by atoms with Gasteiger partial charge in [0, 0.05) is 26.2 Å². The third-order valence-corrected chi connectivity index (χ3v) is 6.76. The molecule has 0 aromatic heterocycles. The van der Waals surface area contributed by atoms with Crippen molar-refractivity contribution in [2.75, 3.05) is 26.2 Å². The van der Waals surface area contributed by atoms with Crippen LogP contribution in [-0.4, -0.2) is 53.8 Å². The smallest absolute Gasteiger partial charge is 0.239 e. The normalized spacial score (nSPS) is 40.3. The van der Waals surface area contributed by atoms with Gasteiger partial charge in [0.2, 0.25) is 11.8 Å². The summed E-state index contributed by atoms with van der Waals surface area (Å²) in [6.45, 7) is 4.37. The number of nitrogens with zero attached hydrogens (tertiary/aromatic N) is 2. The summed E-state index contributed by atoms with van der Waals surface area (Å²) < 4.78 is 0. The van der Waals surface area contributed by atoms with Crippen molar-refractivity contribution in [2.45, 2.75) is 51.5 Å². The Morgan fingerprint density at radius 3 is 1.78 bits per heavy atom. The lowest BCUT2D eigenvalue weighted by Crippen LogP contribution is -2.59. The lowest BCUT2D eigenvalue weighted by molar-refractivity contribution is -0.160. The zero-order valence-corrected chi connectivity index (χ0v) is 14.2. The Kier molecular flexibility index (Phi) is 3.67. The van der Waals surface area contributed by atoms with Crippen LogP contribution < -0.4 is 5.73 Å². The Labute approximate surface area is 138 Å². The minimum absolute atomic E-state index is 0.00639. The van der Waals surface area contributed by atoms with Gasteiger partial charge in [-0.2, -0.15) is 0 Å². The maximum atomic E-state index is 13.3. The predicted octanol–water partition coefficient (Wildman–Crippen LogP) is 1.22. The van der Waals surface area contributed by atoms with Crippen molar-refractivity contribution >= 4 is 11.8 Å². The second kappa shape index (κ2) is 5.47. The van der Waals surface area contributed by atoms with E-state index < -0.39 is 6.04 Å². The number of carbonyl (C=O) groups is 2. The van der Waals surface area contributed by atoms with E-state index in [1.54, 1.807) is 6.92 Å². The average molecular weight is 319 g/mol. The van der Waals surface area contributed by atoms with Crippen LogP contribution in [0.25, 0.3) is 0 Å². The maximum Gasteiger partial charge on any atom is 0.239 e. The summed E-state index contributed by atoms with van der Waals surface area (Å²) in [5, 5.41) is 0. The standard InChI is InChI=1S/C18H29N3O2/c1-12(19)16(22)20-2-4-21(5-3-20)17(23)18-9-13-6-14(10-18)8-15(7-13)11-18/h12-15H,2-11,19H2,1H3/t12-,13?,14?,15?,18?/m1/s1. The van der Waals surface area contributed by atoms with Gasteiger partial charge < -0.3 is 15.5 Å². The van der Waals surface area contributed by atoms with Gasteiger partial charge in [-0.1, -0.05) is 0 Å². The molecular weight excluding hydrogens is 290 g/mol. The van der Waals surface area contributed by atoms with E-state index in [2.05, 4.69) is 0 Å². The largest absolute Gasteiger partial charge is 0.339 e. The highest BCUT2D eigenvalue weighted by Gasteiger charge is 2.55. The first-order valence-electron chi connectivity index (χ1n) is 9.30. The molecule has 0 unspecified atom stereocenters. The van der Waals surface area contributed by atoms with Crippen molar-refractivity contribution in [3.05, 3.63) is 0 Å². The first kappa shape index (κ1) is 15.4. The van der Waals surface area contributed by atoms with Crippen LogP contribution in [0.1, 0.15) is 45.4 Å². The molecule has 4 aliphatic carbocycles. The molecule has 23 heavy (non-hydrogen) atoms. The van der Waals surface area contributed by atoms with E-state index in [9.17, 15) is 9.59 Å². The molecule has 0 aromatic rings. The Bertz CT molecular complexity index is 473. The number of carbonyl (C=O) groups excluding carboxylic acids is 2. The molecule has 0 radical (unpaired) electrons. The number of rotatable bonds is 2. The van der Waals surface area contributed by atoms with Gasteiger partial charge in [0.05, 0.1) is 11.5 Å². The molecule has 2 amide bonds. The van der Waals surface area contributed by atoms with Gasteiger partial charge in [0.15, 0.2) is 0 Å². The predicted molar refractivity (Wildman–Crippen MR) is 87.4 cm³/mol. The molecule has 1 atom stereocenters. The van der Waals surface area contributed by atoms with Gasteiger partial charge in [0.1, 0.15) is 0 Å². The van der Waals surface area contributed by atoms with Crippen molar-refractivity contribution in [1.29, 1.82) is 0 Å². The Balaban J connectivity index is 1.42. The SMILES string of the molecule is C[C@@H](N)C(=O)N1CCN(C(=O)C23CC4CC(CC(C4)C2)C3)CC1. The molecule has 4 saturated carbocycles. The second-order valence-corrected chi connectivity index (χ2v) is 8.60. The number of nitrogens with two attached hydrogens (primary N) is 1. The van der Waals surface area contributed by atoms with Crippen molar-refractivity contribution in [2.24, 2.45) is 28.9 Å². The minimum Gasteiger partial charge on any atom is -0.339 e. The van der Waals surface area contributed by atoms with E-state index >= 15 is 0 Å². The first-order chi connectivity index (χ1) is 11.0. The number of piperazine rings is 1. The van der Waals surface area contributed by atoms with Crippen molar-refractivity contribution in [3.8, 4) is 0 Å². The summed E-state index contributed by atoms with van der Waals surface area (Å²) in [6.07, 6.45) is 7.46. The van der Waals surface area contributed by atoms with Crippen LogP contribution in [0.3, 0.4) is 0 Å². The molecule has 128 valence electrons. The lowest BCUT2D eigenvalue weighted by atomic mass is 9.49. The molecule has 2 N–H and O–H groups in total. The molecule has 5 fully saturated rings. The number of hydrogen-bond acceptors (Lipinski definition) is 3. The summed E-state index contributed by atoms with van der Waals surface area (Å²) in [6, 6.07) is -0.444. The van der Waals surface area contributed by atoms with Crippen LogP contribution in [0.2, 0.25) is 0 Å². The number of amides is 2. The topological polar surface area (TPSA) is 66.6 Å². The quantitative estimate of drug-likeness (QED) is 0.832. The summed E-state index contributed by atoms with van der Waals surface area (Å²) in [5.41, 5.74) is 5.64. The molecular formula is C18H29N3O2. The van der Waals surface area contributed by atoms with Gasteiger partial charge in [0.25, 0.3) is 0 Å². The van der Waals surface area contributed by atoms with E-state index in [4.69, 9.17) is 5.73 Å². The van der Waals surface area contributed by atoms with E-state index in [0.717, 1.165) is 37.0 Å². The highest BCUT2D eigenvalue weighted by atomic mass is 16.2. The van der Waals surface area contributed by atoms with Gasteiger partial charge in [-0.25, -0.2) is 0 Å². The minimum atomic E-state index is -0.444. The van der Waals surface area contributed by atoms with E-state index in [-0.39, 0.29) is 11.3 Å². The van der Waals surface area contributed by atoms with E-state index in [0.29, 0.717) is 32.1 Å². The molecule has 1 saturated heterocycles. The first-order valence-corrected chi connectivity index (χ1v) is 9.30. The van der Waals surface area contributed by atoms with Crippen LogP contribution in [0.15, 0.2) is 0 Å². The highest BCUT2D eigenvalue weighted by Crippen LogP contribution is 2.60. The molecule has 5 aliphatic rings. The van der Waals surface area contributed by atoms with Gasteiger partial charge in [-0.05, 0) is 63.2 Å². The molecule has 0 aromatic carbocycles. The van der Waals surface area contributed by atoms with Gasteiger partial charge >= 0.3 is 0 Å². The van der Waals surface area contributed by atoms with Crippen molar-refractivity contribution in [1.82, 2.24) is 9.80 Å². The Hall–Kier alpha value is -1.10. The van der Waals surface area contributed by atoms with Crippen molar-refractivity contribution < 1.29 is 9.59 Å². The van der Waals surface area contributed by atoms with Crippen LogP contribution in [0.5, 0.6) is 0 Å². The lowest BCUT2D eigenvalue weighted by Gasteiger charge is -2.57. The summed E-state index contributed by atoms with van der Waals surface area (Å²) >= 11 is 0. The fourth-order valence-corrected chi connectivity index (χ4v) is 6.13. The van der Waals surface area contributed by atoms with Crippen LogP contribution >= 0.6 is 0 Å². The van der Waals surface area contributed by atoms with E-state index in [1.807, 2.05) is 9.80 Å². The Morgan fingerprint density at radius 1 is 0.913 bits per heavy atom. The third kappa shape index (κ3) is 2.57. The maximum absolute atomic E-state index is 13.3. The van der Waals surface area contributed by atoms with Crippen LogP contribution in [0, 0.1) is 23.2 Å². The zero-order chi connectivity index (χ0) is 16.2. The molecule has 0 spiro atoms. The average Bonchev–Trinajstić information content (AvgIpc) is 2.52. The second-order valence-electron chi connectivity index (χ2n) is 8.60. The van der Waals surface area contributed by atoms with Gasteiger partial charge in [-0.3, -0.25) is 9.59 Å². The monoisotopic (exact) mass is 319 g/mol. The van der Waals surface area contributed by atoms with Crippen molar-refractivity contribution in [3.63, 3.8) is 0 Å². The molecule has 1 heterocycles. The van der Waals surface area contributed by atoms with Crippen LogP contribution in [0.4, 0.5) is 0 Å². The fraction of sp³-hybridized carbons (Fsp3) is 0.889. The molecule has 5 heteroatoms. The number of hydrogen-bond donors (Lipinski definition) is 1. The molecule has 4 bridgehead atoms. The van der Waals surface area contributed by atoms with E-state index in [1.165, 1.54) is 19.3 Å². The van der Waals surface area contributed by atoms with Crippen LogP contribution in [-0.2, 0) is 9.59 Å². The molecule has 1 aliphatic heterocycles. The fourth-order valence-electron chi connectivity index (χ4n) is 6.13. The summed E-state index contributed by atoms with van der Waals surface area (Å²) in [7, 11) is 0. The van der Waals surface area contributed by atoms with Gasteiger partial charge in [-0.15, -0.1) is 0 Å². The Morgan fingerprint density at radius 2 is 1.35 bits per heavy atom. The molecule has 5 rings (SSSR count). The highest BCUT2D eigenvalue weighted by molar-refractivity contribution is 5.84. The molecule has 5 nitrogen and oxygen atoms in total. The zero-order valence-electron chi connectivity index (χ0n) is 14.2. The third-order valence-electron chi connectivity index (χ3n) is 6.76. The summed E-state index contributed by atoms with van der Waals surface area (Å²) in [4.78, 5) is 29.1. The summed E-state index contributed by atoms with van der Waals surface area (Å²) in [5.74, 6) is 2.79.